The van der Waals surface area contributed by atoms with Gasteiger partial charge in [-0.05, 0) is 59.2 Å². The number of anilines is 2. The summed E-state index contributed by atoms with van der Waals surface area (Å²) in [5, 5.41) is 15.4. The van der Waals surface area contributed by atoms with Crippen LogP contribution in [0, 0.1) is 13.8 Å². The van der Waals surface area contributed by atoms with Crippen LogP contribution < -0.4 is 9.64 Å². The van der Waals surface area contributed by atoms with Gasteiger partial charge in [-0.25, -0.2) is 9.67 Å². The Hall–Kier alpha value is -3.24. The average molecular weight is 481 g/mol. The number of methoxy groups -OCH3 is 1. The number of hydrogen-bond donors (Lipinski definition) is 0. The smallest absolute Gasteiger partial charge is 0.230 e. The number of carbonyl (C=O) groups excluding carboxylic acids is 1. The van der Waals surface area contributed by atoms with E-state index in [0.717, 1.165) is 33.8 Å². The van der Waals surface area contributed by atoms with E-state index in [2.05, 4.69) is 15.5 Å². The summed E-state index contributed by atoms with van der Waals surface area (Å²) >= 11 is 2.96. The van der Waals surface area contributed by atoms with Crippen LogP contribution in [0.3, 0.4) is 0 Å². The van der Waals surface area contributed by atoms with Crippen molar-refractivity contribution >= 4 is 39.8 Å². The monoisotopic (exact) mass is 480 g/mol. The Morgan fingerprint density at radius 2 is 1.97 bits per heavy atom. The first-order valence-electron chi connectivity index (χ1n) is 10.3. The summed E-state index contributed by atoms with van der Waals surface area (Å²) in [6, 6.07) is 13.8. The largest absolute Gasteiger partial charge is 0.497 e. The van der Waals surface area contributed by atoms with E-state index in [0.29, 0.717) is 22.6 Å². The van der Waals surface area contributed by atoms with Crippen LogP contribution in [0.5, 0.6) is 5.75 Å². The molecule has 0 fully saturated rings. The Morgan fingerprint density at radius 1 is 1.18 bits per heavy atom. The standard InChI is InChI=1S/C23H24N6O2S2/c1-15-6-5-7-21(16(15)2)29(17(3)30)22-24-19(13-32-22)14-33-23-25-26-27-28(23)12-18-8-10-20(31-4)11-9-18/h5-11,13H,12,14H2,1-4H3. The summed E-state index contributed by atoms with van der Waals surface area (Å²) in [6.07, 6.45) is 0. The molecule has 170 valence electrons. The molecule has 0 spiro atoms. The van der Waals surface area contributed by atoms with Gasteiger partial charge in [0.05, 0.1) is 25.0 Å². The molecule has 4 rings (SSSR count). The molecule has 0 aliphatic heterocycles. The highest BCUT2D eigenvalue weighted by Crippen LogP contribution is 2.33. The number of amides is 1. The predicted molar refractivity (Wildman–Crippen MR) is 130 cm³/mol. The zero-order chi connectivity index (χ0) is 23.4. The van der Waals surface area contributed by atoms with Crippen LogP contribution in [0.4, 0.5) is 10.8 Å². The second kappa shape index (κ2) is 10.1. The van der Waals surface area contributed by atoms with Gasteiger partial charge >= 0.3 is 0 Å². The van der Waals surface area contributed by atoms with E-state index in [-0.39, 0.29) is 5.91 Å². The van der Waals surface area contributed by atoms with Gasteiger partial charge in [0.25, 0.3) is 0 Å². The second-order valence-corrected chi connectivity index (χ2v) is 9.23. The van der Waals surface area contributed by atoms with Gasteiger partial charge in [0.1, 0.15) is 5.75 Å². The van der Waals surface area contributed by atoms with Crippen molar-refractivity contribution in [3.63, 3.8) is 0 Å². The quantitative estimate of drug-likeness (QED) is 0.336. The van der Waals surface area contributed by atoms with Crippen LogP contribution in [-0.2, 0) is 17.1 Å². The van der Waals surface area contributed by atoms with E-state index in [1.54, 1.807) is 23.6 Å². The van der Waals surface area contributed by atoms with Gasteiger partial charge in [0.15, 0.2) is 5.13 Å². The number of thiazole rings is 1. The topological polar surface area (TPSA) is 86.0 Å². The van der Waals surface area contributed by atoms with Crippen LogP contribution in [0.15, 0.2) is 53.0 Å². The van der Waals surface area contributed by atoms with E-state index in [9.17, 15) is 4.79 Å². The highest BCUT2D eigenvalue weighted by atomic mass is 32.2. The van der Waals surface area contributed by atoms with Gasteiger partial charge < -0.3 is 4.74 Å². The summed E-state index contributed by atoms with van der Waals surface area (Å²) in [5.74, 6) is 1.34. The van der Waals surface area contributed by atoms with Crippen molar-refractivity contribution < 1.29 is 9.53 Å². The molecule has 33 heavy (non-hydrogen) atoms. The molecule has 0 aliphatic carbocycles. The molecule has 0 saturated carbocycles. The minimum absolute atomic E-state index is 0.0688. The molecule has 0 N–H and O–H groups in total. The first-order valence-corrected chi connectivity index (χ1v) is 12.2. The molecule has 0 saturated heterocycles. The number of thioether (sulfide) groups is 1. The highest BCUT2D eigenvalue weighted by molar-refractivity contribution is 7.98. The summed E-state index contributed by atoms with van der Waals surface area (Å²) in [6.45, 7) is 6.18. The minimum atomic E-state index is -0.0688. The normalized spacial score (nSPS) is 10.9. The first kappa shape index (κ1) is 22.9. The van der Waals surface area contributed by atoms with Crippen molar-refractivity contribution in [2.45, 2.75) is 38.2 Å². The summed E-state index contributed by atoms with van der Waals surface area (Å²) < 4.78 is 6.97. The molecular formula is C23H24N6O2S2. The fourth-order valence-electron chi connectivity index (χ4n) is 3.29. The molecule has 2 aromatic heterocycles. The van der Waals surface area contributed by atoms with E-state index in [1.807, 2.05) is 61.7 Å². The van der Waals surface area contributed by atoms with Crippen LogP contribution in [0.2, 0.25) is 0 Å². The van der Waals surface area contributed by atoms with E-state index in [4.69, 9.17) is 9.72 Å². The Morgan fingerprint density at radius 3 is 2.70 bits per heavy atom. The van der Waals surface area contributed by atoms with Gasteiger partial charge in [-0.15, -0.1) is 16.4 Å². The zero-order valence-corrected chi connectivity index (χ0v) is 20.5. The number of ether oxygens (including phenoxy) is 1. The van der Waals surface area contributed by atoms with Crippen molar-refractivity contribution in [2.24, 2.45) is 0 Å². The van der Waals surface area contributed by atoms with Crippen LogP contribution in [0.25, 0.3) is 0 Å². The van der Waals surface area contributed by atoms with E-state index >= 15 is 0 Å². The Bertz CT molecular complexity index is 1250. The molecule has 8 nitrogen and oxygen atoms in total. The number of tetrazole rings is 1. The van der Waals surface area contributed by atoms with Crippen molar-refractivity contribution in [3.8, 4) is 5.75 Å². The van der Waals surface area contributed by atoms with Gasteiger partial charge in [-0.1, -0.05) is 36.0 Å². The third-order valence-corrected chi connectivity index (χ3v) is 7.07. The van der Waals surface area contributed by atoms with Crippen molar-refractivity contribution in [1.82, 2.24) is 25.2 Å². The maximum absolute atomic E-state index is 12.5. The van der Waals surface area contributed by atoms with Gasteiger partial charge in [0, 0.05) is 18.1 Å². The Balaban J connectivity index is 1.47. The van der Waals surface area contributed by atoms with Crippen LogP contribution in [0.1, 0.15) is 29.3 Å². The van der Waals surface area contributed by atoms with Gasteiger partial charge in [-0.2, -0.15) is 0 Å². The van der Waals surface area contributed by atoms with Gasteiger partial charge in [-0.3, -0.25) is 9.69 Å². The number of benzene rings is 2. The molecule has 0 atom stereocenters. The minimum Gasteiger partial charge on any atom is -0.497 e. The number of hydrogen-bond acceptors (Lipinski definition) is 8. The second-order valence-electron chi connectivity index (χ2n) is 7.45. The average Bonchev–Trinajstić information content (AvgIpc) is 3.45. The summed E-state index contributed by atoms with van der Waals surface area (Å²) in [7, 11) is 1.65. The van der Waals surface area contributed by atoms with Crippen molar-refractivity contribution in [3.05, 3.63) is 70.2 Å². The lowest BCUT2D eigenvalue weighted by atomic mass is 10.1. The Kier molecular flexibility index (Phi) is 7.05. The maximum Gasteiger partial charge on any atom is 0.230 e. The molecule has 0 aliphatic rings. The van der Waals surface area contributed by atoms with Crippen LogP contribution >= 0.6 is 23.1 Å². The molecule has 2 heterocycles. The molecule has 4 aromatic rings. The molecule has 1 amide bonds. The molecule has 0 radical (unpaired) electrons. The fraction of sp³-hybridized carbons (Fsp3) is 0.261. The van der Waals surface area contributed by atoms with Crippen LogP contribution in [-0.4, -0.2) is 38.2 Å². The molecule has 2 aromatic carbocycles. The summed E-state index contributed by atoms with van der Waals surface area (Å²) in [4.78, 5) is 18.9. The predicted octanol–water partition coefficient (Wildman–Crippen LogP) is 4.78. The molecule has 0 bridgehead atoms. The number of aryl methyl sites for hydroxylation is 1. The van der Waals surface area contributed by atoms with Crippen molar-refractivity contribution in [2.75, 3.05) is 12.0 Å². The summed E-state index contributed by atoms with van der Waals surface area (Å²) in [5.41, 5.74) is 5.01. The number of nitrogens with zero attached hydrogens (tertiary/aromatic N) is 6. The van der Waals surface area contributed by atoms with E-state index in [1.165, 1.54) is 23.1 Å². The molecular weight excluding hydrogens is 456 g/mol. The number of carbonyl (C=O) groups is 1. The maximum atomic E-state index is 12.5. The zero-order valence-electron chi connectivity index (χ0n) is 18.8. The molecule has 10 heteroatoms. The highest BCUT2D eigenvalue weighted by Gasteiger charge is 2.20. The molecule has 0 unspecified atom stereocenters. The number of rotatable bonds is 8. The first-order chi connectivity index (χ1) is 16.0. The third-order valence-electron chi connectivity index (χ3n) is 5.20. The van der Waals surface area contributed by atoms with Crippen molar-refractivity contribution in [1.29, 1.82) is 0 Å². The lowest BCUT2D eigenvalue weighted by molar-refractivity contribution is -0.115. The van der Waals surface area contributed by atoms with E-state index < -0.39 is 0 Å². The van der Waals surface area contributed by atoms with Gasteiger partial charge in [0.2, 0.25) is 11.1 Å². The SMILES string of the molecule is COc1ccc(Cn2nnnc2SCc2csc(N(C(C)=O)c3cccc(C)c3C)n2)cc1. The number of aromatic nitrogens is 5. The lowest BCUT2D eigenvalue weighted by Crippen LogP contribution is -2.23. The fourth-order valence-corrected chi connectivity index (χ4v) is 5.05. The lowest BCUT2D eigenvalue weighted by Gasteiger charge is -2.21. The third kappa shape index (κ3) is 5.23. The Labute approximate surface area is 200 Å².